The van der Waals surface area contributed by atoms with Gasteiger partial charge in [-0.1, -0.05) is 30.5 Å². The number of nitrogens with one attached hydrogen (secondary N) is 1. The molecule has 1 fully saturated rings. The SMILES string of the molecule is CNCC1(Cc2ccc(F)c(Cl)c2)CCCC1. The van der Waals surface area contributed by atoms with Gasteiger partial charge in [0.25, 0.3) is 0 Å². The molecule has 1 N–H and O–H groups in total. The highest BCUT2D eigenvalue weighted by atomic mass is 35.5. The summed E-state index contributed by atoms with van der Waals surface area (Å²) >= 11 is 5.83. The van der Waals surface area contributed by atoms with Gasteiger partial charge in [0, 0.05) is 6.54 Å². The normalized spacial score (nSPS) is 18.5. The third-order valence-electron chi connectivity index (χ3n) is 3.78. The second-order valence-corrected chi connectivity index (χ2v) is 5.57. The van der Waals surface area contributed by atoms with E-state index >= 15 is 0 Å². The molecular weight excluding hydrogens is 237 g/mol. The fraction of sp³-hybridized carbons (Fsp3) is 0.571. The highest BCUT2D eigenvalue weighted by Gasteiger charge is 2.33. The lowest BCUT2D eigenvalue weighted by Crippen LogP contribution is -2.32. The Morgan fingerprint density at radius 1 is 1.35 bits per heavy atom. The van der Waals surface area contributed by atoms with Crippen molar-refractivity contribution in [2.24, 2.45) is 5.41 Å². The van der Waals surface area contributed by atoms with Gasteiger partial charge in [0.1, 0.15) is 5.82 Å². The van der Waals surface area contributed by atoms with Crippen molar-refractivity contribution in [1.82, 2.24) is 5.32 Å². The zero-order chi connectivity index (χ0) is 12.3. The minimum absolute atomic E-state index is 0.236. The average Bonchev–Trinajstić information content (AvgIpc) is 2.73. The molecule has 2 rings (SSSR count). The maximum absolute atomic E-state index is 13.1. The van der Waals surface area contributed by atoms with Crippen LogP contribution in [-0.4, -0.2) is 13.6 Å². The summed E-state index contributed by atoms with van der Waals surface area (Å²) in [6, 6.07) is 5.10. The molecule has 0 atom stereocenters. The Hall–Kier alpha value is -0.600. The quantitative estimate of drug-likeness (QED) is 0.863. The first-order valence-electron chi connectivity index (χ1n) is 6.24. The van der Waals surface area contributed by atoms with E-state index in [-0.39, 0.29) is 10.8 Å². The Bertz CT molecular complexity index is 386. The van der Waals surface area contributed by atoms with E-state index < -0.39 is 0 Å². The summed E-state index contributed by atoms with van der Waals surface area (Å²) in [6.07, 6.45) is 6.10. The van der Waals surface area contributed by atoms with Crippen molar-refractivity contribution in [2.45, 2.75) is 32.1 Å². The van der Waals surface area contributed by atoms with Crippen LogP contribution in [0.25, 0.3) is 0 Å². The van der Waals surface area contributed by atoms with Crippen LogP contribution in [0.4, 0.5) is 4.39 Å². The summed E-state index contributed by atoms with van der Waals surface area (Å²) in [5.41, 5.74) is 1.49. The van der Waals surface area contributed by atoms with Crippen LogP contribution >= 0.6 is 11.6 Å². The van der Waals surface area contributed by atoms with Crippen LogP contribution in [0.15, 0.2) is 18.2 Å². The Balaban J connectivity index is 2.14. The molecule has 0 spiro atoms. The van der Waals surface area contributed by atoms with Gasteiger partial charge in [-0.05, 0) is 49.4 Å². The maximum Gasteiger partial charge on any atom is 0.141 e. The minimum Gasteiger partial charge on any atom is -0.319 e. The maximum atomic E-state index is 13.1. The summed E-state index contributed by atoms with van der Waals surface area (Å²) in [4.78, 5) is 0. The van der Waals surface area contributed by atoms with E-state index in [0.717, 1.165) is 18.5 Å². The molecule has 1 aromatic rings. The van der Waals surface area contributed by atoms with Crippen LogP contribution in [0.2, 0.25) is 5.02 Å². The summed E-state index contributed by atoms with van der Waals surface area (Å²) < 4.78 is 13.1. The van der Waals surface area contributed by atoms with E-state index in [2.05, 4.69) is 5.32 Å². The van der Waals surface area contributed by atoms with E-state index in [1.807, 2.05) is 13.1 Å². The lowest BCUT2D eigenvalue weighted by Gasteiger charge is -2.29. The molecule has 0 amide bonds. The van der Waals surface area contributed by atoms with E-state index in [0.29, 0.717) is 5.41 Å². The summed E-state index contributed by atoms with van der Waals surface area (Å²) in [7, 11) is 2.00. The van der Waals surface area contributed by atoms with Crippen LogP contribution in [0.3, 0.4) is 0 Å². The molecule has 1 nitrogen and oxygen atoms in total. The van der Waals surface area contributed by atoms with Gasteiger partial charge >= 0.3 is 0 Å². The van der Waals surface area contributed by atoms with Crippen molar-refractivity contribution in [3.63, 3.8) is 0 Å². The zero-order valence-electron chi connectivity index (χ0n) is 10.2. The highest BCUT2D eigenvalue weighted by molar-refractivity contribution is 6.30. The van der Waals surface area contributed by atoms with E-state index in [1.165, 1.54) is 31.7 Å². The van der Waals surface area contributed by atoms with Crippen LogP contribution in [0.5, 0.6) is 0 Å². The molecular formula is C14H19ClFN. The molecule has 1 aliphatic carbocycles. The first-order valence-corrected chi connectivity index (χ1v) is 6.62. The number of hydrogen-bond donors (Lipinski definition) is 1. The van der Waals surface area contributed by atoms with Crippen molar-refractivity contribution >= 4 is 11.6 Å². The number of benzene rings is 1. The van der Waals surface area contributed by atoms with Crippen LogP contribution in [0, 0.1) is 11.2 Å². The van der Waals surface area contributed by atoms with Crippen LogP contribution < -0.4 is 5.32 Å². The Kier molecular flexibility index (Phi) is 4.05. The zero-order valence-corrected chi connectivity index (χ0v) is 11.0. The van der Waals surface area contributed by atoms with Gasteiger partial charge in [-0.15, -0.1) is 0 Å². The van der Waals surface area contributed by atoms with Gasteiger partial charge in [-0.3, -0.25) is 0 Å². The molecule has 0 unspecified atom stereocenters. The van der Waals surface area contributed by atoms with E-state index in [4.69, 9.17) is 11.6 Å². The fourth-order valence-corrected chi connectivity index (χ4v) is 3.20. The third-order valence-corrected chi connectivity index (χ3v) is 4.07. The second-order valence-electron chi connectivity index (χ2n) is 5.16. The van der Waals surface area contributed by atoms with Crippen molar-refractivity contribution in [3.8, 4) is 0 Å². The molecule has 0 bridgehead atoms. The monoisotopic (exact) mass is 255 g/mol. The van der Waals surface area contributed by atoms with E-state index in [9.17, 15) is 4.39 Å². The molecule has 0 aliphatic heterocycles. The molecule has 1 saturated carbocycles. The molecule has 1 aliphatic rings. The molecule has 0 radical (unpaired) electrons. The lowest BCUT2D eigenvalue weighted by atomic mass is 9.80. The summed E-state index contributed by atoms with van der Waals surface area (Å²) in [5.74, 6) is -0.329. The van der Waals surface area contributed by atoms with Crippen molar-refractivity contribution in [3.05, 3.63) is 34.6 Å². The second kappa shape index (κ2) is 5.36. The van der Waals surface area contributed by atoms with Crippen molar-refractivity contribution < 1.29 is 4.39 Å². The first kappa shape index (κ1) is 12.8. The van der Waals surface area contributed by atoms with Crippen LogP contribution in [-0.2, 0) is 6.42 Å². The largest absolute Gasteiger partial charge is 0.319 e. The van der Waals surface area contributed by atoms with Gasteiger partial charge in [0.2, 0.25) is 0 Å². The molecule has 0 aromatic heterocycles. The smallest absolute Gasteiger partial charge is 0.141 e. The number of rotatable bonds is 4. The third kappa shape index (κ3) is 2.99. The highest BCUT2D eigenvalue weighted by Crippen LogP contribution is 2.40. The number of hydrogen-bond acceptors (Lipinski definition) is 1. The molecule has 1 aromatic carbocycles. The number of halogens is 2. The fourth-order valence-electron chi connectivity index (χ4n) is 3.00. The molecule has 0 heterocycles. The summed E-state index contributed by atoms with van der Waals surface area (Å²) in [6.45, 7) is 1.03. The van der Waals surface area contributed by atoms with Crippen molar-refractivity contribution in [2.75, 3.05) is 13.6 Å². The average molecular weight is 256 g/mol. The predicted molar refractivity (Wildman–Crippen MR) is 69.9 cm³/mol. The standard InChI is InChI=1S/C14H19ClFN/c1-17-10-14(6-2-3-7-14)9-11-4-5-13(16)12(15)8-11/h4-5,8,17H,2-3,6-7,9-10H2,1H3. The predicted octanol–water partition coefficient (Wildman–Crippen LogP) is 3.80. The van der Waals surface area contributed by atoms with Gasteiger partial charge in [-0.25, -0.2) is 4.39 Å². The topological polar surface area (TPSA) is 12.0 Å². The van der Waals surface area contributed by atoms with Gasteiger partial charge in [0.05, 0.1) is 5.02 Å². The van der Waals surface area contributed by atoms with Crippen LogP contribution in [0.1, 0.15) is 31.2 Å². The Morgan fingerprint density at radius 3 is 2.65 bits per heavy atom. The van der Waals surface area contributed by atoms with Crippen molar-refractivity contribution in [1.29, 1.82) is 0 Å². The molecule has 17 heavy (non-hydrogen) atoms. The van der Waals surface area contributed by atoms with E-state index in [1.54, 1.807) is 6.07 Å². The van der Waals surface area contributed by atoms with Gasteiger partial charge < -0.3 is 5.32 Å². The Morgan fingerprint density at radius 2 is 2.06 bits per heavy atom. The lowest BCUT2D eigenvalue weighted by molar-refractivity contribution is 0.285. The molecule has 3 heteroatoms. The van der Waals surface area contributed by atoms with Gasteiger partial charge in [0.15, 0.2) is 0 Å². The molecule has 0 saturated heterocycles. The molecule has 94 valence electrons. The first-order chi connectivity index (χ1) is 8.15. The Labute approximate surface area is 107 Å². The summed E-state index contributed by atoms with van der Waals surface area (Å²) in [5, 5.41) is 3.53. The van der Waals surface area contributed by atoms with Gasteiger partial charge in [-0.2, -0.15) is 0 Å². The minimum atomic E-state index is -0.329.